The second-order valence-electron chi connectivity index (χ2n) is 13.3. The fourth-order valence-electron chi connectivity index (χ4n) is 8.75. The van der Waals surface area contributed by atoms with Gasteiger partial charge in [0, 0.05) is 17.2 Å². The Kier molecular flexibility index (Phi) is 7.18. The molecule has 1 aromatic heterocycles. The number of fused-ring (bicyclic) bond motifs is 5. The molecule has 1 aliphatic heterocycles. The molecule has 11 nitrogen and oxygen atoms in total. The first-order valence-electron chi connectivity index (χ1n) is 15.6. The molecule has 238 valence electrons. The summed E-state index contributed by atoms with van der Waals surface area (Å²) in [6.45, 7) is 1.05. The Morgan fingerprint density at radius 1 is 1.16 bits per heavy atom. The number of nitrogen functional groups attached to an aromatic ring is 1. The molecule has 5 aliphatic rings. The summed E-state index contributed by atoms with van der Waals surface area (Å²) >= 11 is 0. The highest BCUT2D eigenvalue weighted by Gasteiger charge is 2.61. The summed E-state index contributed by atoms with van der Waals surface area (Å²) in [6, 6.07) is 6.31. The quantitative estimate of drug-likeness (QED) is 0.288. The van der Waals surface area contributed by atoms with E-state index in [2.05, 4.69) is 4.98 Å². The Balaban J connectivity index is 1.26. The van der Waals surface area contributed by atoms with Crippen LogP contribution in [0.2, 0.25) is 0 Å². The van der Waals surface area contributed by atoms with Crippen LogP contribution in [0.3, 0.4) is 0 Å². The minimum atomic E-state index is -2.20. The van der Waals surface area contributed by atoms with Crippen molar-refractivity contribution >= 4 is 17.4 Å². The van der Waals surface area contributed by atoms with Crippen LogP contribution in [0.1, 0.15) is 70.9 Å². The number of ether oxygens (including phenoxy) is 2. The molecule has 45 heavy (non-hydrogen) atoms. The second kappa shape index (κ2) is 10.7. The number of ketones is 2. The number of carbonyl (C=O) groups is 2. The van der Waals surface area contributed by atoms with Crippen LogP contribution < -0.4 is 10.5 Å². The van der Waals surface area contributed by atoms with E-state index < -0.39 is 59.8 Å². The molecule has 2 heterocycles. The van der Waals surface area contributed by atoms with E-state index in [-0.39, 0.29) is 40.8 Å². The van der Waals surface area contributed by atoms with Gasteiger partial charge in [0.1, 0.15) is 41.2 Å². The summed E-state index contributed by atoms with van der Waals surface area (Å²) in [5, 5.41) is 56.4. The maximum Gasteiger partial charge on any atom is 0.229 e. The Hall–Kier alpha value is -3.61. The number of Topliss-reactive ketones (excluding diaryl/α,β-unsaturated/α-hetero) is 2. The fourth-order valence-corrected chi connectivity index (χ4v) is 8.75. The molecule has 0 spiro atoms. The Bertz CT molecular complexity index is 1640. The van der Waals surface area contributed by atoms with E-state index in [0.29, 0.717) is 17.8 Å². The number of carbonyl (C=O) groups excluding carboxylic acids is 2. The molecule has 2 fully saturated rings. The van der Waals surface area contributed by atoms with Crippen molar-refractivity contribution < 1.29 is 44.6 Å². The van der Waals surface area contributed by atoms with Gasteiger partial charge < -0.3 is 40.7 Å². The summed E-state index contributed by atoms with van der Waals surface area (Å²) in [6.07, 6.45) is 2.51. The van der Waals surface area contributed by atoms with E-state index in [0.717, 1.165) is 36.8 Å². The van der Waals surface area contributed by atoms with Crippen LogP contribution in [0, 0.1) is 17.8 Å². The number of aliphatic hydroxyl groups excluding tert-OH is 4. The van der Waals surface area contributed by atoms with Gasteiger partial charge in [-0.25, -0.2) is 4.98 Å². The zero-order chi connectivity index (χ0) is 31.8. The third-order valence-electron chi connectivity index (χ3n) is 10.8. The van der Waals surface area contributed by atoms with Crippen molar-refractivity contribution in [3.05, 3.63) is 76.2 Å². The molecule has 0 unspecified atom stereocenters. The van der Waals surface area contributed by atoms with E-state index in [1.54, 1.807) is 19.2 Å². The lowest BCUT2D eigenvalue weighted by molar-refractivity contribution is -0.319. The highest BCUT2D eigenvalue weighted by molar-refractivity contribution is 6.19. The highest BCUT2D eigenvalue weighted by atomic mass is 16.7. The molecule has 7 rings (SSSR count). The third-order valence-corrected chi connectivity index (χ3v) is 10.8. The number of nitrogens with zero attached hydrogens (tertiary/aromatic N) is 1. The summed E-state index contributed by atoms with van der Waals surface area (Å²) < 4.78 is 11.9. The lowest BCUT2D eigenvalue weighted by Gasteiger charge is -2.53. The van der Waals surface area contributed by atoms with Gasteiger partial charge in [0.2, 0.25) is 6.29 Å². The third kappa shape index (κ3) is 4.47. The zero-order valence-corrected chi connectivity index (χ0v) is 24.9. The number of benzene rings is 1. The fraction of sp³-hybridized carbons (Fsp3) is 0.500. The van der Waals surface area contributed by atoms with Crippen molar-refractivity contribution in [3.63, 3.8) is 0 Å². The van der Waals surface area contributed by atoms with Gasteiger partial charge >= 0.3 is 0 Å². The standard InChI is InChI=1S/C34H38N2O9/c1-16-10-20-26(22(38)11-16)29(40)27-19(28(20)39)5-2-6-23(27)44-32-31(42)34(43,30(41)24(14-37)45-32)15-33-9-3-4-18(33)8-7-17-13-36-25(35)12-21(17)33/h2,5-6,10-13,18,20,24,26,30-32,37-38,41-43H,3-4,7-9,14-15H2,1H3,(H2,35,36)/t18-,20-,24+,26-,30+,31-,32+,33+,34-/m0/s1. The number of anilines is 1. The van der Waals surface area contributed by atoms with Crippen molar-refractivity contribution in [2.75, 3.05) is 12.3 Å². The first kappa shape index (κ1) is 30.1. The summed E-state index contributed by atoms with van der Waals surface area (Å²) in [5.74, 6) is -2.67. The van der Waals surface area contributed by atoms with Crippen LogP contribution in [-0.4, -0.2) is 78.9 Å². The molecule has 7 N–H and O–H groups in total. The van der Waals surface area contributed by atoms with Crippen molar-refractivity contribution in [1.29, 1.82) is 0 Å². The lowest BCUT2D eigenvalue weighted by Crippen LogP contribution is -2.70. The maximum absolute atomic E-state index is 13.8. The molecule has 2 aromatic rings. The molecule has 0 amide bonds. The number of aryl methyl sites for hydroxylation is 1. The number of nitrogens with two attached hydrogens (primary N) is 1. The van der Waals surface area contributed by atoms with Crippen LogP contribution >= 0.6 is 0 Å². The van der Waals surface area contributed by atoms with Gasteiger partial charge in [0.25, 0.3) is 0 Å². The molecule has 0 bridgehead atoms. The van der Waals surface area contributed by atoms with Crippen molar-refractivity contribution in [3.8, 4) is 5.75 Å². The van der Waals surface area contributed by atoms with Crippen LogP contribution in [0.15, 0.2) is 53.9 Å². The minimum absolute atomic E-state index is 0.0540. The largest absolute Gasteiger partial charge is 0.511 e. The zero-order valence-electron chi connectivity index (χ0n) is 24.9. The van der Waals surface area contributed by atoms with Gasteiger partial charge in [-0.3, -0.25) is 9.59 Å². The average Bonchev–Trinajstić information content (AvgIpc) is 3.43. The Morgan fingerprint density at radius 2 is 1.96 bits per heavy atom. The van der Waals surface area contributed by atoms with E-state index in [1.165, 1.54) is 24.3 Å². The monoisotopic (exact) mass is 618 g/mol. The smallest absolute Gasteiger partial charge is 0.229 e. The van der Waals surface area contributed by atoms with Gasteiger partial charge in [-0.05, 0) is 74.3 Å². The number of allylic oxidation sites excluding steroid dienone is 4. The maximum atomic E-state index is 13.8. The highest BCUT2D eigenvalue weighted by Crippen LogP contribution is 2.57. The van der Waals surface area contributed by atoms with Crippen molar-refractivity contribution in [2.24, 2.45) is 17.8 Å². The van der Waals surface area contributed by atoms with Gasteiger partial charge in [-0.1, -0.05) is 30.2 Å². The molecule has 0 radical (unpaired) electrons. The molecule has 9 atom stereocenters. The second-order valence-corrected chi connectivity index (χ2v) is 13.3. The number of rotatable bonds is 5. The molecule has 1 saturated carbocycles. The van der Waals surface area contributed by atoms with Crippen molar-refractivity contribution in [2.45, 2.75) is 81.1 Å². The van der Waals surface area contributed by atoms with Crippen molar-refractivity contribution in [1.82, 2.24) is 4.98 Å². The molecular formula is C34H38N2O9. The number of hydrogen-bond acceptors (Lipinski definition) is 11. The number of pyridine rings is 1. The molecule has 1 saturated heterocycles. The molecule has 1 aromatic carbocycles. The topological polar surface area (TPSA) is 193 Å². The first-order valence-corrected chi connectivity index (χ1v) is 15.6. The number of hydrogen-bond donors (Lipinski definition) is 6. The van der Waals surface area contributed by atoms with E-state index in [1.807, 2.05) is 6.07 Å². The van der Waals surface area contributed by atoms with E-state index in [9.17, 15) is 35.1 Å². The minimum Gasteiger partial charge on any atom is -0.511 e. The average molecular weight is 619 g/mol. The van der Waals surface area contributed by atoms with Gasteiger partial charge in [-0.2, -0.15) is 0 Å². The van der Waals surface area contributed by atoms with Gasteiger partial charge in [0.05, 0.1) is 24.0 Å². The van der Waals surface area contributed by atoms with E-state index >= 15 is 0 Å². The number of aromatic nitrogens is 1. The van der Waals surface area contributed by atoms with Crippen LogP contribution in [0.4, 0.5) is 5.82 Å². The molecule has 4 aliphatic carbocycles. The van der Waals surface area contributed by atoms with Gasteiger partial charge in [-0.15, -0.1) is 0 Å². The van der Waals surface area contributed by atoms with E-state index in [4.69, 9.17) is 15.2 Å². The summed E-state index contributed by atoms with van der Waals surface area (Å²) in [4.78, 5) is 31.5. The molecule has 11 heteroatoms. The molecular weight excluding hydrogens is 580 g/mol. The van der Waals surface area contributed by atoms with Crippen LogP contribution in [0.25, 0.3) is 0 Å². The van der Waals surface area contributed by atoms with Crippen LogP contribution in [0.5, 0.6) is 5.75 Å². The SMILES string of the molecule is CC1=C[C@@H]2C(=O)c3cccc(O[C@@H]4O[C@H](CO)[C@@H](O)[C@@](O)(C[C@]56CCC[C@H]5CCc5cnc(N)cc56)[C@H]4O)c3C(=O)[C@@H]2C(O)=C1. The first-order chi connectivity index (χ1) is 21.5. The predicted molar refractivity (Wildman–Crippen MR) is 160 cm³/mol. The lowest BCUT2D eigenvalue weighted by atomic mass is 9.59. The Labute approximate surface area is 260 Å². The van der Waals surface area contributed by atoms with Crippen LogP contribution in [-0.2, 0) is 16.6 Å². The predicted octanol–water partition coefficient (Wildman–Crippen LogP) is 2.30. The number of aliphatic hydroxyl groups is 5. The van der Waals surface area contributed by atoms with Gasteiger partial charge in [0.15, 0.2) is 11.6 Å². The Morgan fingerprint density at radius 3 is 2.73 bits per heavy atom. The summed E-state index contributed by atoms with van der Waals surface area (Å²) in [5.41, 5.74) is 5.95. The normalized spacial score (nSPS) is 37.1. The summed E-state index contributed by atoms with van der Waals surface area (Å²) in [7, 11) is 0.